The topological polar surface area (TPSA) is 64.6 Å². The number of carbonyl (C=O) groups is 2. The molecule has 0 aliphatic heterocycles. The highest BCUT2D eigenvalue weighted by molar-refractivity contribution is 6.32. The second kappa shape index (κ2) is 7.47. The highest BCUT2D eigenvalue weighted by Crippen LogP contribution is 2.23. The molecule has 0 aliphatic carbocycles. The molecule has 0 saturated heterocycles. The van der Waals surface area contributed by atoms with E-state index in [4.69, 9.17) is 21.1 Å². The molecule has 0 aliphatic rings. The molecule has 2 rings (SSSR count). The fourth-order valence-corrected chi connectivity index (χ4v) is 1.86. The van der Waals surface area contributed by atoms with Gasteiger partial charge < -0.3 is 14.8 Å². The van der Waals surface area contributed by atoms with Gasteiger partial charge in [-0.15, -0.1) is 0 Å². The zero-order chi connectivity index (χ0) is 15.9. The van der Waals surface area contributed by atoms with Gasteiger partial charge in [0.05, 0.1) is 5.02 Å². The van der Waals surface area contributed by atoms with Crippen LogP contribution in [0.2, 0.25) is 5.02 Å². The third-order valence-corrected chi connectivity index (χ3v) is 2.90. The van der Waals surface area contributed by atoms with Crippen LogP contribution in [0.5, 0.6) is 11.5 Å². The first-order valence-corrected chi connectivity index (χ1v) is 6.88. The average molecular weight is 320 g/mol. The van der Waals surface area contributed by atoms with Gasteiger partial charge in [-0.1, -0.05) is 23.7 Å². The van der Waals surface area contributed by atoms with Crippen LogP contribution < -0.4 is 14.8 Å². The van der Waals surface area contributed by atoms with Gasteiger partial charge in [0.15, 0.2) is 6.61 Å². The molecule has 0 spiro atoms. The normalized spacial score (nSPS) is 9.91. The molecule has 6 heteroatoms. The van der Waals surface area contributed by atoms with E-state index in [2.05, 4.69) is 5.32 Å². The Morgan fingerprint density at radius 2 is 1.77 bits per heavy atom. The van der Waals surface area contributed by atoms with E-state index < -0.39 is 5.97 Å². The lowest BCUT2D eigenvalue weighted by Crippen LogP contribution is -2.17. The SMILES string of the molecule is CC(=O)Nc1ccc(OC(=O)COc2ccccc2Cl)cc1. The second-order valence-corrected chi connectivity index (χ2v) is 4.81. The van der Waals surface area contributed by atoms with Gasteiger partial charge in [-0.25, -0.2) is 4.79 Å². The Bertz CT molecular complexity index is 670. The molecule has 1 N–H and O–H groups in total. The summed E-state index contributed by atoms with van der Waals surface area (Å²) in [5, 5.41) is 3.05. The van der Waals surface area contributed by atoms with Crippen molar-refractivity contribution in [2.45, 2.75) is 6.92 Å². The number of halogens is 1. The lowest BCUT2D eigenvalue weighted by atomic mass is 10.3. The summed E-state index contributed by atoms with van der Waals surface area (Å²) in [5.74, 6) is 0.0639. The van der Waals surface area contributed by atoms with E-state index in [9.17, 15) is 9.59 Å². The molecule has 0 fully saturated rings. The molecule has 0 saturated carbocycles. The van der Waals surface area contributed by atoms with Crippen LogP contribution in [0.3, 0.4) is 0 Å². The van der Waals surface area contributed by atoms with Crippen molar-refractivity contribution in [3.8, 4) is 11.5 Å². The number of esters is 1. The fraction of sp³-hybridized carbons (Fsp3) is 0.125. The number of hydrogen-bond donors (Lipinski definition) is 1. The van der Waals surface area contributed by atoms with Crippen LogP contribution in [0, 0.1) is 0 Å². The first kappa shape index (κ1) is 15.9. The maximum absolute atomic E-state index is 11.7. The molecule has 0 radical (unpaired) electrons. The summed E-state index contributed by atoms with van der Waals surface area (Å²) >= 11 is 5.92. The summed E-state index contributed by atoms with van der Waals surface area (Å²) in [5.41, 5.74) is 0.625. The number of ether oxygens (including phenoxy) is 2. The van der Waals surface area contributed by atoms with Crippen molar-refractivity contribution in [1.82, 2.24) is 0 Å². The van der Waals surface area contributed by atoms with Gasteiger partial charge in [0.1, 0.15) is 11.5 Å². The van der Waals surface area contributed by atoms with Gasteiger partial charge >= 0.3 is 5.97 Å². The van der Waals surface area contributed by atoms with Crippen molar-refractivity contribution in [2.75, 3.05) is 11.9 Å². The average Bonchev–Trinajstić information content (AvgIpc) is 2.48. The molecular weight excluding hydrogens is 306 g/mol. The summed E-state index contributed by atoms with van der Waals surface area (Å²) in [6.07, 6.45) is 0. The molecular formula is C16H14ClNO4. The van der Waals surface area contributed by atoms with Gasteiger partial charge in [-0.3, -0.25) is 4.79 Å². The van der Waals surface area contributed by atoms with E-state index in [-0.39, 0.29) is 12.5 Å². The molecule has 0 atom stereocenters. The quantitative estimate of drug-likeness (QED) is 0.678. The Balaban J connectivity index is 1.87. The largest absolute Gasteiger partial charge is 0.480 e. The Morgan fingerprint density at radius 1 is 1.09 bits per heavy atom. The Hall–Kier alpha value is -2.53. The molecule has 0 aromatic heterocycles. The van der Waals surface area contributed by atoms with Crippen LogP contribution in [0.4, 0.5) is 5.69 Å². The predicted octanol–water partition coefficient (Wildman–Crippen LogP) is 3.28. The van der Waals surface area contributed by atoms with Crippen molar-refractivity contribution in [1.29, 1.82) is 0 Å². The minimum Gasteiger partial charge on any atom is -0.480 e. The third kappa shape index (κ3) is 4.79. The maximum atomic E-state index is 11.7. The minimum atomic E-state index is -0.549. The number of para-hydroxylation sites is 1. The number of hydrogen-bond acceptors (Lipinski definition) is 4. The molecule has 0 heterocycles. The van der Waals surface area contributed by atoms with Crippen LogP contribution >= 0.6 is 11.6 Å². The predicted molar refractivity (Wildman–Crippen MR) is 83.3 cm³/mol. The third-order valence-electron chi connectivity index (χ3n) is 2.59. The summed E-state index contributed by atoms with van der Waals surface area (Å²) in [6, 6.07) is 13.3. The van der Waals surface area contributed by atoms with E-state index in [0.717, 1.165) is 0 Å². The Morgan fingerprint density at radius 3 is 2.41 bits per heavy atom. The monoisotopic (exact) mass is 319 g/mol. The van der Waals surface area contributed by atoms with E-state index in [1.807, 2.05) is 0 Å². The molecule has 0 unspecified atom stereocenters. The van der Waals surface area contributed by atoms with E-state index in [0.29, 0.717) is 22.2 Å². The summed E-state index contributed by atoms with van der Waals surface area (Å²) in [4.78, 5) is 22.6. The highest BCUT2D eigenvalue weighted by atomic mass is 35.5. The van der Waals surface area contributed by atoms with Crippen molar-refractivity contribution in [3.63, 3.8) is 0 Å². The van der Waals surface area contributed by atoms with Crippen LogP contribution in [0.15, 0.2) is 48.5 Å². The second-order valence-electron chi connectivity index (χ2n) is 4.40. The summed E-state index contributed by atoms with van der Waals surface area (Å²) in [6.45, 7) is 1.16. The van der Waals surface area contributed by atoms with Crippen molar-refractivity contribution >= 4 is 29.2 Å². The smallest absolute Gasteiger partial charge is 0.349 e. The lowest BCUT2D eigenvalue weighted by Gasteiger charge is -2.08. The van der Waals surface area contributed by atoms with Gasteiger partial charge in [-0.2, -0.15) is 0 Å². The van der Waals surface area contributed by atoms with E-state index in [1.54, 1.807) is 48.5 Å². The number of anilines is 1. The molecule has 22 heavy (non-hydrogen) atoms. The van der Waals surface area contributed by atoms with E-state index in [1.165, 1.54) is 6.92 Å². The molecule has 5 nitrogen and oxygen atoms in total. The van der Waals surface area contributed by atoms with Crippen molar-refractivity contribution in [2.24, 2.45) is 0 Å². The fourth-order valence-electron chi connectivity index (χ4n) is 1.67. The highest BCUT2D eigenvalue weighted by Gasteiger charge is 2.08. The van der Waals surface area contributed by atoms with Crippen molar-refractivity contribution in [3.05, 3.63) is 53.6 Å². The number of benzene rings is 2. The van der Waals surface area contributed by atoms with Gasteiger partial charge in [0.25, 0.3) is 0 Å². The minimum absolute atomic E-state index is 0.169. The maximum Gasteiger partial charge on any atom is 0.349 e. The van der Waals surface area contributed by atoms with Crippen molar-refractivity contribution < 1.29 is 19.1 Å². The zero-order valence-electron chi connectivity index (χ0n) is 11.8. The van der Waals surface area contributed by atoms with Crippen LogP contribution in [0.1, 0.15) is 6.92 Å². The first-order chi connectivity index (χ1) is 10.5. The van der Waals surface area contributed by atoms with Gasteiger partial charge in [-0.05, 0) is 36.4 Å². The Labute approximate surface area is 132 Å². The molecule has 2 aromatic carbocycles. The van der Waals surface area contributed by atoms with Crippen LogP contribution in [0.25, 0.3) is 0 Å². The van der Waals surface area contributed by atoms with Crippen LogP contribution in [-0.4, -0.2) is 18.5 Å². The summed E-state index contributed by atoms with van der Waals surface area (Å²) in [7, 11) is 0. The van der Waals surface area contributed by atoms with Gasteiger partial charge in [0.2, 0.25) is 5.91 Å². The first-order valence-electron chi connectivity index (χ1n) is 6.50. The molecule has 0 bridgehead atoms. The Kier molecular flexibility index (Phi) is 5.38. The van der Waals surface area contributed by atoms with Gasteiger partial charge in [0, 0.05) is 12.6 Å². The summed E-state index contributed by atoms with van der Waals surface area (Å²) < 4.78 is 10.4. The molecule has 114 valence electrons. The standard InChI is InChI=1S/C16H14ClNO4/c1-11(19)18-12-6-8-13(9-7-12)22-16(20)10-21-15-5-3-2-4-14(15)17/h2-9H,10H2,1H3,(H,18,19). The lowest BCUT2D eigenvalue weighted by molar-refractivity contribution is -0.136. The zero-order valence-corrected chi connectivity index (χ0v) is 12.6. The number of rotatable bonds is 5. The number of amides is 1. The molecule has 1 amide bonds. The molecule has 2 aromatic rings. The van der Waals surface area contributed by atoms with Crippen LogP contribution in [-0.2, 0) is 9.59 Å². The number of carbonyl (C=O) groups excluding carboxylic acids is 2. The number of nitrogens with one attached hydrogen (secondary N) is 1. The van der Waals surface area contributed by atoms with E-state index >= 15 is 0 Å².